The highest BCUT2D eigenvalue weighted by Crippen LogP contribution is 2.26. The van der Waals surface area contributed by atoms with Crippen LogP contribution in [0.4, 0.5) is 10.5 Å². The van der Waals surface area contributed by atoms with Crippen molar-refractivity contribution in [1.82, 2.24) is 4.90 Å². The summed E-state index contributed by atoms with van der Waals surface area (Å²) in [7, 11) is 0. The van der Waals surface area contributed by atoms with Gasteiger partial charge in [0.1, 0.15) is 0 Å². The molecular weight excluding hydrogens is 280 g/mol. The van der Waals surface area contributed by atoms with Crippen LogP contribution >= 0.6 is 11.6 Å². The minimum absolute atomic E-state index is 0.0903. The molecule has 1 aliphatic heterocycles. The fourth-order valence-electron chi connectivity index (χ4n) is 2.52. The second-order valence-corrected chi connectivity index (χ2v) is 5.68. The fourth-order valence-corrected chi connectivity index (χ4v) is 2.69. The van der Waals surface area contributed by atoms with E-state index in [-0.39, 0.29) is 17.6 Å². The first-order chi connectivity index (χ1) is 9.38. The van der Waals surface area contributed by atoms with Crippen molar-refractivity contribution in [2.75, 3.05) is 11.9 Å². The highest BCUT2D eigenvalue weighted by atomic mass is 35.5. The summed E-state index contributed by atoms with van der Waals surface area (Å²) in [5, 5.41) is 12.0. The van der Waals surface area contributed by atoms with E-state index in [1.54, 1.807) is 4.90 Å². The van der Waals surface area contributed by atoms with E-state index < -0.39 is 5.97 Å². The van der Waals surface area contributed by atoms with Gasteiger partial charge in [-0.1, -0.05) is 18.5 Å². The predicted molar refractivity (Wildman–Crippen MR) is 77.4 cm³/mol. The highest BCUT2D eigenvalue weighted by molar-refractivity contribution is 6.33. The van der Waals surface area contributed by atoms with E-state index in [1.807, 2.05) is 6.92 Å². The van der Waals surface area contributed by atoms with Gasteiger partial charge in [-0.2, -0.15) is 0 Å². The van der Waals surface area contributed by atoms with Crippen LogP contribution in [0.5, 0.6) is 0 Å². The number of halogens is 1. The lowest BCUT2D eigenvalue weighted by molar-refractivity contribution is 0.0697. The normalized spacial score (nSPS) is 21.9. The zero-order valence-corrected chi connectivity index (χ0v) is 12.1. The number of nitrogens with zero attached hydrogens (tertiary/aromatic N) is 1. The number of hydrogen-bond acceptors (Lipinski definition) is 2. The van der Waals surface area contributed by atoms with Crippen molar-refractivity contribution >= 4 is 29.3 Å². The van der Waals surface area contributed by atoms with Crippen LogP contribution in [0, 0.1) is 5.92 Å². The van der Waals surface area contributed by atoms with Crippen molar-refractivity contribution in [2.24, 2.45) is 5.92 Å². The monoisotopic (exact) mass is 296 g/mol. The van der Waals surface area contributed by atoms with Crippen LogP contribution < -0.4 is 5.32 Å². The number of likely N-dealkylation sites (tertiary alicyclic amines) is 1. The Kier molecular flexibility index (Phi) is 4.18. The molecule has 0 bridgehead atoms. The third kappa shape index (κ3) is 3.04. The molecule has 1 aromatic rings. The summed E-state index contributed by atoms with van der Waals surface area (Å²) in [5.74, 6) is -0.586. The number of hydrogen-bond donors (Lipinski definition) is 2. The summed E-state index contributed by atoms with van der Waals surface area (Å²) in [5.41, 5.74) is 0.413. The number of rotatable bonds is 2. The first-order valence-electron chi connectivity index (χ1n) is 6.49. The molecule has 1 aromatic carbocycles. The average molecular weight is 297 g/mol. The van der Waals surface area contributed by atoms with Gasteiger partial charge < -0.3 is 15.3 Å². The topological polar surface area (TPSA) is 69.6 Å². The van der Waals surface area contributed by atoms with E-state index in [9.17, 15) is 9.59 Å². The lowest BCUT2D eigenvalue weighted by Crippen LogP contribution is -2.37. The number of nitrogens with one attached hydrogen (secondary N) is 1. The Hall–Kier alpha value is -1.75. The van der Waals surface area contributed by atoms with Gasteiger partial charge in [-0.05, 0) is 37.5 Å². The van der Waals surface area contributed by atoms with Gasteiger partial charge in [-0.25, -0.2) is 9.59 Å². The van der Waals surface area contributed by atoms with E-state index in [1.165, 1.54) is 18.2 Å². The van der Waals surface area contributed by atoms with Crippen LogP contribution in [0.1, 0.15) is 30.6 Å². The van der Waals surface area contributed by atoms with Gasteiger partial charge in [0, 0.05) is 12.6 Å². The molecule has 1 aliphatic rings. The second-order valence-electron chi connectivity index (χ2n) is 5.27. The lowest BCUT2D eigenvalue weighted by Gasteiger charge is -2.22. The highest BCUT2D eigenvalue weighted by Gasteiger charge is 2.30. The number of aromatic carboxylic acids is 1. The van der Waals surface area contributed by atoms with Crippen molar-refractivity contribution in [2.45, 2.75) is 26.3 Å². The molecule has 0 radical (unpaired) electrons. The van der Waals surface area contributed by atoms with Crippen LogP contribution in [0.3, 0.4) is 0 Å². The number of amides is 2. The largest absolute Gasteiger partial charge is 0.478 e. The maximum Gasteiger partial charge on any atom is 0.335 e. The Morgan fingerprint density at radius 3 is 2.65 bits per heavy atom. The molecule has 2 amide bonds. The second kappa shape index (κ2) is 5.71. The molecule has 2 N–H and O–H groups in total. The average Bonchev–Trinajstić information content (AvgIpc) is 2.71. The Labute approximate surface area is 122 Å². The molecule has 1 heterocycles. The Balaban J connectivity index is 2.15. The minimum atomic E-state index is -1.06. The van der Waals surface area contributed by atoms with Gasteiger partial charge in [0.2, 0.25) is 0 Å². The van der Waals surface area contributed by atoms with Crippen LogP contribution in [0.15, 0.2) is 18.2 Å². The molecular formula is C14H17ClN2O3. The SMILES string of the molecule is CC1CC(C)N(C(=O)Nc2cc(C(=O)O)ccc2Cl)C1. The van der Waals surface area contributed by atoms with Crippen molar-refractivity contribution in [3.63, 3.8) is 0 Å². The molecule has 2 rings (SSSR count). The van der Waals surface area contributed by atoms with Gasteiger partial charge in [0.25, 0.3) is 0 Å². The van der Waals surface area contributed by atoms with Gasteiger partial charge in [0.15, 0.2) is 0 Å². The standard InChI is InChI=1S/C14H17ClN2O3/c1-8-5-9(2)17(7-8)14(20)16-12-6-10(13(18)19)3-4-11(12)15/h3-4,6,8-9H,5,7H2,1-2H3,(H,16,20)(H,18,19). The molecule has 108 valence electrons. The lowest BCUT2D eigenvalue weighted by atomic mass is 10.1. The summed E-state index contributed by atoms with van der Waals surface area (Å²) < 4.78 is 0. The van der Waals surface area contributed by atoms with Crippen molar-refractivity contribution in [3.8, 4) is 0 Å². The number of carbonyl (C=O) groups excluding carboxylic acids is 1. The van der Waals surface area contributed by atoms with Crippen LogP contribution in [-0.2, 0) is 0 Å². The van der Waals surface area contributed by atoms with Gasteiger partial charge >= 0.3 is 12.0 Å². The van der Waals surface area contributed by atoms with Gasteiger partial charge in [0.05, 0.1) is 16.3 Å². The Morgan fingerprint density at radius 2 is 2.10 bits per heavy atom. The number of carbonyl (C=O) groups is 2. The fraction of sp³-hybridized carbons (Fsp3) is 0.429. The van der Waals surface area contributed by atoms with E-state index in [0.29, 0.717) is 23.2 Å². The quantitative estimate of drug-likeness (QED) is 0.879. The molecule has 6 heteroatoms. The van der Waals surface area contributed by atoms with Crippen molar-refractivity contribution in [1.29, 1.82) is 0 Å². The van der Waals surface area contributed by atoms with Gasteiger partial charge in [-0.15, -0.1) is 0 Å². The first-order valence-corrected chi connectivity index (χ1v) is 6.86. The van der Waals surface area contributed by atoms with Crippen molar-refractivity contribution < 1.29 is 14.7 Å². The van der Waals surface area contributed by atoms with E-state index >= 15 is 0 Å². The maximum atomic E-state index is 12.2. The summed E-state index contributed by atoms with van der Waals surface area (Å²) in [6.45, 7) is 4.80. The molecule has 20 heavy (non-hydrogen) atoms. The summed E-state index contributed by atoms with van der Waals surface area (Å²) in [6.07, 6.45) is 0.969. The smallest absolute Gasteiger partial charge is 0.335 e. The van der Waals surface area contributed by atoms with Crippen LogP contribution in [0.2, 0.25) is 5.02 Å². The third-order valence-electron chi connectivity index (χ3n) is 3.50. The zero-order valence-electron chi connectivity index (χ0n) is 11.4. The van der Waals surface area contributed by atoms with Gasteiger partial charge in [-0.3, -0.25) is 0 Å². The van der Waals surface area contributed by atoms with Crippen LogP contribution in [-0.4, -0.2) is 34.6 Å². The molecule has 5 nitrogen and oxygen atoms in total. The van der Waals surface area contributed by atoms with Crippen molar-refractivity contribution in [3.05, 3.63) is 28.8 Å². The molecule has 2 atom stereocenters. The molecule has 2 unspecified atom stereocenters. The number of benzene rings is 1. The minimum Gasteiger partial charge on any atom is -0.478 e. The number of carboxylic acid groups (broad SMARTS) is 1. The maximum absolute atomic E-state index is 12.2. The molecule has 0 aromatic heterocycles. The predicted octanol–water partition coefficient (Wildman–Crippen LogP) is 3.30. The Morgan fingerprint density at radius 1 is 1.40 bits per heavy atom. The number of anilines is 1. The molecule has 0 spiro atoms. The first kappa shape index (κ1) is 14.7. The summed E-state index contributed by atoms with van der Waals surface area (Å²) in [4.78, 5) is 24.9. The molecule has 1 fully saturated rings. The molecule has 1 saturated heterocycles. The van der Waals surface area contributed by atoms with Crippen LogP contribution in [0.25, 0.3) is 0 Å². The zero-order chi connectivity index (χ0) is 14.9. The third-order valence-corrected chi connectivity index (χ3v) is 3.83. The Bertz CT molecular complexity index is 547. The van der Waals surface area contributed by atoms with E-state index in [2.05, 4.69) is 12.2 Å². The summed E-state index contributed by atoms with van der Waals surface area (Å²) in [6, 6.07) is 4.17. The summed E-state index contributed by atoms with van der Waals surface area (Å²) >= 11 is 5.99. The molecule has 0 aliphatic carbocycles. The number of urea groups is 1. The molecule has 0 saturated carbocycles. The number of carboxylic acids is 1. The van der Waals surface area contributed by atoms with E-state index in [4.69, 9.17) is 16.7 Å². The van der Waals surface area contributed by atoms with E-state index in [0.717, 1.165) is 6.42 Å².